The number of anilines is 1. The highest BCUT2D eigenvalue weighted by Crippen LogP contribution is 2.20. The van der Waals surface area contributed by atoms with Gasteiger partial charge in [-0.1, -0.05) is 70.5 Å². The first-order valence-electron chi connectivity index (χ1n) is 7.86. The topological polar surface area (TPSA) is 24.4 Å². The van der Waals surface area contributed by atoms with E-state index in [0.717, 1.165) is 27.0 Å². The summed E-state index contributed by atoms with van der Waals surface area (Å²) in [5, 5.41) is 4.72. The van der Waals surface area contributed by atoms with Crippen molar-refractivity contribution in [3.8, 4) is 0 Å². The standard InChI is InChI=1S/C21H19BrN2.ClH/c1-15-7-6-10-20(16(15)2)23-24-21(17-8-4-3-5-9-17)18-11-13-19(22)14-12-18;/h3-14,23H,1-2H3;1H. The fourth-order valence-corrected chi connectivity index (χ4v) is 2.75. The second kappa shape index (κ2) is 8.84. The van der Waals surface area contributed by atoms with Crippen LogP contribution in [-0.4, -0.2) is 5.71 Å². The molecule has 0 aliphatic carbocycles. The number of aryl methyl sites for hydroxylation is 1. The molecule has 0 bridgehead atoms. The predicted molar refractivity (Wildman–Crippen MR) is 113 cm³/mol. The number of benzene rings is 3. The monoisotopic (exact) mass is 414 g/mol. The van der Waals surface area contributed by atoms with Gasteiger partial charge in [0.15, 0.2) is 0 Å². The maximum Gasteiger partial charge on any atom is 0.0977 e. The van der Waals surface area contributed by atoms with E-state index in [4.69, 9.17) is 5.10 Å². The van der Waals surface area contributed by atoms with Gasteiger partial charge in [-0.3, -0.25) is 5.43 Å². The minimum Gasteiger partial charge on any atom is -0.278 e. The van der Waals surface area contributed by atoms with Crippen LogP contribution in [0.2, 0.25) is 0 Å². The Bertz CT molecular complexity index is 859. The van der Waals surface area contributed by atoms with E-state index < -0.39 is 0 Å². The Labute approximate surface area is 163 Å². The fourth-order valence-electron chi connectivity index (χ4n) is 2.49. The highest BCUT2D eigenvalue weighted by Gasteiger charge is 2.08. The van der Waals surface area contributed by atoms with Crippen molar-refractivity contribution in [2.45, 2.75) is 13.8 Å². The third-order valence-electron chi connectivity index (χ3n) is 4.06. The van der Waals surface area contributed by atoms with Crippen molar-refractivity contribution < 1.29 is 0 Å². The molecule has 0 heterocycles. The molecule has 0 saturated carbocycles. The number of hydrazone groups is 1. The normalized spacial score (nSPS) is 10.9. The number of nitrogens with one attached hydrogen (secondary N) is 1. The van der Waals surface area contributed by atoms with Gasteiger partial charge in [0, 0.05) is 15.6 Å². The van der Waals surface area contributed by atoms with Crippen molar-refractivity contribution in [2.75, 3.05) is 5.43 Å². The third kappa shape index (κ3) is 4.71. The Balaban J connectivity index is 0.00000225. The van der Waals surface area contributed by atoms with Gasteiger partial charge in [0.1, 0.15) is 0 Å². The van der Waals surface area contributed by atoms with E-state index in [1.807, 2.05) is 36.4 Å². The predicted octanol–water partition coefficient (Wildman–Crippen LogP) is 6.35. The van der Waals surface area contributed by atoms with Gasteiger partial charge >= 0.3 is 0 Å². The first-order valence-corrected chi connectivity index (χ1v) is 8.66. The smallest absolute Gasteiger partial charge is 0.0977 e. The summed E-state index contributed by atoms with van der Waals surface area (Å²) >= 11 is 3.49. The molecule has 128 valence electrons. The first-order chi connectivity index (χ1) is 11.6. The average molecular weight is 416 g/mol. The van der Waals surface area contributed by atoms with Crippen LogP contribution in [0.5, 0.6) is 0 Å². The summed E-state index contributed by atoms with van der Waals surface area (Å²) in [6.07, 6.45) is 0. The van der Waals surface area contributed by atoms with Gasteiger partial charge in [0.05, 0.1) is 11.4 Å². The summed E-state index contributed by atoms with van der Waals surface area (Å²) < 4.78 is 1.06. The molecule has 0 unspecified atom stereocenters. The lowest BCUT2D eigenvalue weighted by molar-refractivity contribution is 1.26. The number of halogens is 2. The molecule has 3 rings (SSSR count). The first kappa shape index (κ1) is 19.2. The summed E-state index contributed by atoms with van der Waals surface area (Å²) in [6, 6.07) is 24.6. The van der Waals surface area contributed by atoms with Gasteiger partial charge < -0.3 is 0 Å². The molecule has 25 heavy (non-hydrogen) atoms. The Morgan fingerprint density at radius 2 is 1.44 bits per heavy atom. The summed E-state index contributed by atoms with van der Waals surface area (Å²) in [7, 11) is 0. The summed E-state index contributed by atoms with van der Waals surface area (Å²) in [6.45, 7) is 4.21. The van der Waals surface area contributed by atoms with Gasteiger partial charge in [0.2, 0.25) is 0 Å². The molecule has 0 atom stereocenters. The van der Waals surface area contributed by atoms with Crippen molar-refractivity contribution in [3.05, 3.63) is 99.5 Å². The van der Waals surface area contributed by atoms with Crippen molar-refractivity contribution in [3.63, 3.8) is 0 Å². The second-order valence-electron chi connectivity index (χ2n) is 5.69. The Kier molecular flexibility index (Phi) is 6.80. The van der Waals surface area contributed by atoms with Crippen LogP contribution in [0.3, 0.4) is 0 Å². The zero-order valence-corrected chi connectivity index (χ0v) is 16.6. The molecule has 0 fully saturated rings. The van der Waals surface area contributed by atoms with Gasteiger partial charge in [-0.25, -0.2) is 0 Å². The van der Waals surface area contributed by atoms with Crippen LogP contribution in [0.1, 0.15) is 22.3 Å². The van der Waals surface area contributed by atoms with Crippen LogP contribution in [0.15, 0.2) is 82.4 Å². The number of rotatable bonds is 4. The molecule has 3 aromatic carbocycles. The lowest BCUT2D eigenvalue weighted by Gasteiger charge is -2.11. The third-order valence-corrected chi connectivity index (χ3v) is 4.59. The molecule has 0 aliphatic rings. The SMILES string of the molecule is Cc1cccc(NN=C(c2ccccc2)c2ccc(Br)cc2)c1C.Cl. The molecule has 2 nitrogen and oxygen atoms in total. The van der Waals surface area contributed by atoms with Crippen molar-refractivity contribution in [1.82, 2.24) is 0 Å². The van der Waals surface area contributed by atoms with E-state index in [-0.39, 0.29) is 12.4 Å². The quantitative estimate of drug-likeness (QED) is 0.389. The molecule has 4 heteroatoms. The van der Waals surface area contributed by atoms with E-state index in [1.165, 1.54) is 11.1 Å². The Hall–Kier alpha value is -2.10. The van der Waals surface area contributed by atoms with Crippen LogP contribution in [-0.2, 0) is 0 Å². The molecule has 0 amide bonds. The van der Waals surface area contributed by atoms with E-state index in [1.54, 1.807) is 0 Å². The molecule has 0 radical (unpaired) electrons. The minimum atomic E-state index is 0. The highest BCUT2D eigenvalue weighted by molar-refractivity contribution is 9.10. The number of hydrogen-bond acceptors (Lipinski definition) is 2. The Morgan fingerprint density at radius 1 is 0.800 bits per heavy atom. The molecular formula is C21H20BrClN2. The summed E-state index contributed by atoms with van der Waals surface area (Å²) in [5.74, 6) is 0. The number of nitrogens with zero attached hydrogens (tertiary/aromatic N) is 1. The number of hydrogen-bond donors (Lipinski definition) is 1. The fraction of sp³-hybridized carbons (Fsp3) is 0.0952. The van der Waals surface area contributed by atoms with E-state index in [9.17, 15) is 0 Å². The van der Waals surface area contributed by atoms with Crippen molar-refractivity contribution in [2.24, 2.45) is 5.10 Å². The molecule has 1 N–H and O–H groups in total. The zero-order valence-electron chi connectivity index (χ0n) is 14.2. The van der Waals surface area contributed by atoms with Crippen molar-refractivity contribution >= 4 is 39.7 Å². The van der Waals surface area contributed by atoms with Gasteiger partial charge in [0.25, 0.3) is 0 Å². The lowest BCUT2D eigenvalue weighted by atomic mass is 10.0. The largest absolute Gasteiger partial charge is 0.278 e. The summed E-state index contributed by atoms with van der Waals surface area (Å²) in [4.78, 5) is 0. The molecule has 0 aliphatic heterocycles. The van der Waals surface area contributed by atoms with Crippen molar-refractivity contribution in [1.29, 1.82) is 0 Å². The van der Waals surface area contributed by atoms with E-state index in [2.05, 4.69) is 71.6 Å². The van der Waals surface area contributed by atoms with Gasteiger partial charge in [-0.15, -0.1) is 12.4 Å². The Morgan fingerprint density at radius 3 is 2.12 bits per heavy atom. The van der Waals surface area contributed by atoms with Crippen LogP contribution in [0, 0.1) is 13.8 Å². The van der Waals surface area contributed by atoms with Crippen LogP contribution >= 0.6 is 28.3 Å². The average Bonchev–Trinajstić information content (AvgIpc) is 2.61. The maximum absolute atomic E-state index is 4.72. The molecule has 0 aromatic heterocycles. The van der Waals surface area contributed by atoms with Crippen LogP contribution in [0.4, 0.5) is 5.69 Å². The minimum absolute atomic E-state index is 0. The van der Waals surface area contributed by atoms with Gasteiger partial charge in [-0.05, 0) is 43.2 Å². The van der Waals surface area contributed by atoms with Crippen LogP contribution < -0.4 is 5.43 Å². The highest BCUT2D eigenvalue weighted by atomic mass is 79.9. The van der Waals surface area contributed by atoms with Crippen LogP contribution in [0.25, 0.3) is 0 Å². The molecule has 0 saturated heterocycles. The van der Waals surface area contributed by atoms with Gasteiger partial charge in [-0.2, -0.15) is 5.10 Å². The molecular weight excluding hydrogens is 396 g/mol. The molecule has 0 spiro atoms. The van der Waals surface area contributed by atoms with E-state index >= 15 is 0 Å². The zero-order chi connectivity index (χ0) is 16.9. The lowest BCUT2D eigenvalue weighted by Crippen LogP contribution is -2.07. The maximum atomic E-state index is 4.72. The second-order valence-corrected chi connectivity index (χ2v) is 6.61. The summed E-state index contributed by atoms with van der Waals surface area (Å²) in [5.41, 5.74) is 9.81. The van der Waals surface area contributed by atoms with E-state index in [0.29, 0.717) is 0 Å². The molecule has 3 aromatic rings.